The standard InChI is InChI=1S/C15H21NO2/c1-15(11-16-12-17)7-14(8-15)10-18-9-13-5-3-2-4-6-13/h2-6,12,14H,7-11H2,1H3,(H,16,17). The molecule has 18 heavy (non-hydrogen) atoms. The predicted octanol–water partition coefficient (Wildman–Crippen LogP) is 2.37. The number of hydrogen-bond donors (Lipinski definition) is 1. The molecule has 98 valence electrons. The Bertz CT molecular complexity index is 371. The molecule has 1 aliphatic rings. The van der Waals surface area contributed by atoms with Gasteiger partial charge in [0.25, 0.3) is 0 Å². The van der Waals surface area contributed by atoms with Gasteiger partial charge in [0.15, 0.2) is 0 Å². The zero-order valence-electron chi connectivity index (χ0n) is 10.9. The van der Waals surface area contributed by atoms with E-state index < -0.39 is 0 Å². The Balaban J connectivity index is 1.61. The lowest BCUT2D eigenvalue weighted by Crippen LogP contribution is -2.43. The van der Waals surface area contributed by atoms with E-state index in [4.69, 9.17) is 4.74 Å². The highest BCUT2D eigenvalue weighted by Crippen LogP contribution is 2.44. The van der Waals surface area contributed by atoms with Crippen molar-refractivity contribution in [2.24, 2.45) is 11.3 Å². The molecule has 0 bridgehead atoms. The van der Waals surface area contributed by atoms with Crippen LogP contribution in [0.15, 0.2) is 30.3 Å². The van der Waals surface area contributed by atoms with E-state index in [2.05, 4.69) is 24.4 Å². The van der Waals surface area contributed by atoms with E-state index in [-0.39, 0.29) is 5.41 Å². The molecular formula is C15H21NO2. The minimum absolute atomic E-state index is 0.279. The summed E-state index contributed by atoms with van der Waals surface area (Å²) in [4.78, 5) is 10.3. The van der Waals surface area contributed by atoms with E-state index in [9.17, 15) is 4.79 Å². The molecule has 3 heteroatoms. The van der Waals surface area contributed by atoms with Gasteiger partial charge in [0.1, 0.15) is 0 Å². The Kier molecular flexibility index (Phi) is 4.37. The monoisotopic (exact) mass is 247 g/mol. The highest BCUT2D eigenvalue weighted by atomic mass is 16.5. The van der Waals surface area contributed by atoms with Crippen molar-refractivity contribution >= 4 is 6.41 Å². The van der Waals surface area contributed by atoms with Crippen LogP contribution in [-0.4, -0.2) is 19.6 Å². The quantitative estimate of drug-likeness (QED) is 0.751. The lowest BCUT2D eigenvalue weighted by molar-refractivity contribution is -0.110. The van der Waals surface area contributed by atoms with Gasteiger partial charge in [-0.2, -0.15) is 0 Å². The maximum atomic E-state index is 10.3. The second-order valence-corrected chi connectivity index (χ2v) is 5.58. The number of carbonyl (C=O) groups excluding carboxylic acids is 1. The fraction of sp³-hybridized carbons (Fsp3) is 0.533. The van der Waals surface area contributed by atoms with Gasteiger partial charge in [0, 0.05) is 13.2 Å². The Labute approximate surface area is 109 Å². The Morgan fingerprint density at radius 3 is 2.78 bits per heavy atom. The summed E-state index contributed by atoms with van der Waals surface area (Å²) in [6, 6.07) is 10.2. The molecule has 0 atom stereocenters. The molecule has 1 fully saturated rings. The lowest BCUT2D eigenvalue weighted by atomic mass is 9.63. The number of amides is 1. The van der Waals surface area contributed by atoms with Gasteiger partial charge in [0.05, 0.1) is 6.61 Å². The van der Waals surface area contributed by atoms with Crippen molar-refractivity contribution in [3.8, 4) is 0 Å². The summed E-state index contributed by atoms with van der Waals surface area (Å²) in [5.74, 6) is 0.646. The van der Waals surface area contributed by atoms with Gasteiger partial charge < -0.3 is 10.1 Å². The lowest BCUT2D eigenvalue weighted by Gasteiger charge is -2.45. The van der Waals surface area contributed by atoms with Crippen molar-refractivity contribution < 1.29 is 9.53 Å². The first-order valence-electron chi connectivity index (χ1n) is 6.50. The van der Waals surface area contributed by atoms with Gasteiger partial charge in [-0.3, -0.25) is 4.79 Å². The van der Waals surface area contributed by atoms with Gasteiger partial charge in [-0.1, -0.05) is 37.3 Å². The van der Waals surface area contributed by atoms with Crippen LogP contribution < -0.4 is 5.32 Å². The van der Waals surface area contributed by atoms with Gasteiger partial charge >= 0.3 is 0 Å². The molecule has 1 amide bonds. The van der Waals surface area contributed by atoms with E-state index in [1.807, 2.05) is 18.2 Å². The molecule has 1 N–H and O–H groups in total. The average Bonchev–Trinajstić information content (AvgIpc) is 2.35. The minimum atomic E-state index is 0.279. The molecule has 1 aromatic rings. The van der Waals surface area contributed by atoms with Crippen molar-refractivity contribution in [1.29, 1.82) is 0 Å². The molecule has 0 radical (unpaired) electrons. The maximum absolute atomic E-state index is 10.3. The second kappa shape index (κ2) is 6.01. The maximum Gasteiger partial charge on any atom is 0.207 e. The number of nitrogens with one attached hydrogen (secondary N) is 1. The summed E-state index contributed by atoms with van der Waals surface area (Å²) < 4.78 is 5.73. The molecule has 0 unspecified atom stereocenters. The third kappa shape index (κ3) is 3.57. The van der Waals surface area contributed by atoms with Crippen LogP contribution in [0.3, 0.4) is 0 Å². The van der Waals surface area contributed by atoms with Crippen molar-refractivity contribution in [2.75, 3.05) is 13.2 Å². The molecule has 3 nitrogen and oxygen atoms in total. The van der Waals surface area contributed by atoms with Crippen LogP contribution in [0.4, 0.5) is 0 Å². The summed E-state index contributed by atoms with van der Waals surface area (Å²) in [7, 11) is 0. The first-order chi connectivity index (χ1) is 8.72. The molecule has 0 aliphatic heterocycles. The fourth-order valence-corrected chi connectivity index (χ4v) is 2.80. The molecule has 0 saturated heterocycles. The Hall–Kier alpha value is -1.35. The van der Waals surface area contributed by atoms with Crippen LogP contribution in [0.1, 0.15) is 25.3 Å². The van der Waals surface area contributed by atoms with E-state index in [1.165, 1.54) is 5.56 Å². The first-order valence-corrected chi connectivity index (χ1v) is 6.50. The summed E-state index contributed by atoms with van der Waals surface area (Å²) in [6.07, 6.45) is 3.07. The molecule has 0 spiro atoms. The molecule has 1 aromatic carbocycles. The summed E-state index contributed by atoms with van der Waals surface area (Å²) in [6.45, 7) is 4.52. The number of hydrogen-bond acceptors (Lipinski definition) is 2. The van der Waals surface area contributed by atoms with Gasteiger partial charge in [-0.05, 0) is 29.7 Å². The number of rotatable bonds is 7. The van der Waals surface area contributed by atoms with Crippen LogP contribution in [0.25, 0.3) is 0 Å². The van der Waals surface area contributed by atoms with E-state index in [1.54, 1.807) is 0 Å². The van der Waals surface area contributed by atoms with Crippen LogP contribution in [0.5, 0.6) is 0 Å². The third-order valence-corrected chi connectivity index (χ3v) is 3.64. The molecule has 1 saturated carbocycles. The Morgan fingerprint density at radius 2 is 2.11 bits per heavy atom. The summed E-state index contributed by atoms with van der Waals surface area (Å²) in [5.41, 5.74) is 1.50. The molecule has 0 aromatic heterocycles. The number of carbonyl (C=O) groups is 1. The third-order valence-electron chi connectivity index (χ3n) is 3.64. The zero-order chi connectivity index (χ0) is 12.8. The largest absolute Gasteiger partial charge is 0.376 e. The van der Waals surface area contributed by atoms with Crippen molar-refractivity contribution in [2.45, 2.75) is 26.4 Å². The summed E-state index contributed by atoms with van der Waals surface area (Å²) >= 11 is 0. The van der Waals surface area contributed by atoms with E-state index in [0.717, 1.165) is 32.4 Å². The Morgan fingerprint density at radius 1 is 1.39 bits per heavy atom. The molecular weight excluding hydrogens is 226 g/mol. The number of ether oxygens (including phenoxy) is 1. The number of benzene rings is 1. The summed E-state index contributed by atoms with van der Waals surface area (Å²) in [5, 5.41) is 2.77. The smallest absolute Gasteiger partial charge is 0.207 e. The highest BCUT2D eigenvalue weighted by Gasteiger charge is 2.39. The second-order valence-electron chi connectivity index (χ2n) is 5.58. The normalized spacial score (nSPS) is 26.4. The highest BCUT2D eigenvalue weighted by molar-refractivity contribution is 5.46. The first kappa shape index (κ1) is 13.1. The van der Waals surface area contributed by atoms with Gasteiger partial charge in [-0.15, -0.1) is 0 Å². The predicted molar refractivity (Wildman–Crippen MR) is 71.0 cm³/mol. The van der Waals surface area contributed by atoms with Crippen LogP contribution >= 0.6 is 0 Å². The zero-order valence-corrected chi connectivity index (χ0v) is 10.9. The van der Waals surface area contributed by atoms with Crippen molar-refractivity contribution in [3.63, 3.8) is 0 Å². The average molecular weight is 247 g/mol. The van der Waals surface area contributed by atoms with Crippen molar-refractivity contribution in [1.82, 2.24) is 5.32 Å². The van der Waals surface area contributed by atoms with Gasteiger partial charge in [-0.25, -0.2) is 0 Å². The molecule has 1 aliphatic carbocycles. The van der Waals surface area contributed by atoms with Crippen molar-refractivity contribution in [3.05, 3.63) is 35.9 Å². The van der Waals surface area contributed by atoms with Crippen LogP contribution in [0.2, 0.25) is 0 Å². The van der Waals surface area contributed by atoms with Gasteiger partial charge in [0.2, 0.25) is 6.41 Å². The molecule has 2 rings (SSSR count). The fourth-order valence-electron chi connectivity index (χ4n) is 2.80. The SMILES string of the molecule is CC1(CNC=O)CC(COCc2ccccc2)C1. The van der Waals surface area contributed by atoms with Crippen LogP contribution in [-0.2, 0) is 16.1 Å². The van der Waals surface area contributed by atoms with E-state index >= 15 is 0 Å². The van der Waals surface area contributed by atoms with Crippen LogP contribution in [0, 0.1) is 11.3 Å². The van der Waals surface area contributed by atoms with E-state index in [0.29, 0.717) is 12.5 Å². The molecule has 0 heterocycles. The topological polar surface area (TPSA) is 38.3 Å². The minimum Gasteiger partial charge on any atom is -0.376 e.